The third-order valence-corrected chi connectivity index (χ3v) is 3.61. The van der Waals surface area contributed by atoms with Crippen LogP contribution in [0.2, 0.25) is 0 Å². The van der Waals surface area contributed by atoms with Gasteiger partial charge in [-0.25, -0.2) is 5.43 Å². The van der Waals surface area contributed by atoms with Crippen molar-refractivity contribution >= 4 is 28.6 Å². The van der Waals surface area contributed by atoms with Gasteiger partial charge in [-0.3, -0.25) is 9.78 Å². The van der Waals surface area contributed by atoms with Gasteiger partial charge in [0.15, 0.2) is 0 Å². The minimum atomic E-state index is -0.420. The number of anilines is 1. The van der Waals surface area contributed by atoms with Gasteiger partial charge in [-0.15, -0.1) is 0 Å². The second-order valence-corrected chi connectivity index (χ2v) is 5.38. The van der Waals surface area contributed by atoms with Crippen molar-refractivity contribution in [1.29, 1.82) is 0 Å². The Kier molecular flexibility index (Phi) is 4.81. The molecule has 5 heteroatoms. The van der Waals surface area contributed by atoms with Crippen molar-refractivity contribution in [3.05, 3.63) is 72.6 Å². The standard InChI is InChI=1S/C19H18N4O/c1-14(19(24)23-21-13-16-9-4-5-12-20-16)22-18-11-6-8-15-7-2-3-10-17(15)18/h2-14,22H,1H3,(H,23,24). The quantitative estimate of drug-likeness (QED) is 0.561. The molecule has 120 valence electrons. The number of aromatic nitrogens is 1. The first-order valence-corrected chi connectivity index (χ1v) is 7.72. The van der Waals surface area contributed by atoms with Crippen LogP contribution in [-0.4, -0.2) is 23.1 Å². The molecule has 0 spiro atoms. The van der Waals surface area contributed by atoms with Crippen molar-refractivity contribution in [2.45, 2.75) is 13.0 Å². The summed E-state index contributed by atoms with van der Waals surface area (Å²) in [7, 11) is 0. The van der Waals surface area contributed by atoms with Gasteiger partial charge in [0.2, 0.25) is 0 Å². The largest absolute Gasteiger partial charge is 0.373 e. The molecule has 3 aromatic rings. The summed E-state index contributed by atoms with van der Waals surface area (Å²) >= 11 is 0. The number of hydrogen-bond donors (Lipinski definition) is 2. The number of carbonyl (C=O) groups excluding carboxylic acids is 1. The number of hydrogen-bond acceptors (Lipinski definition) is 4. The summed E-state index contributed by atoms with van der Waals surface area (Å²) in [4.78, 5) is 16.3. The predicted octanol–water partition coefficient (Wildman–Crippen LogP) is 3.19. The molecule has 24 heavy (non-hydrogen) atoms. The number of nitrogens with zero attached hydrogens (tertiary/aromatic N) is 2. The fourth-order valence-electron chi connectivity index (χ4n) is 2.36. The van der Waals surface area contributed by atoms with E-state index < -0.39 is 6.04 Å². The Bertz CT molecular complexity index is 856. The molecular weight excluding hydrogens is 300 g/mol. The molecule has 3 rings (SSSR count). The number of rotatable bonds is 5. The second-order valence-electron chi connectivity index (χ2n) is 5.38. The molecule has 1 atom stereocenters. The van der Waals surface area contributed by atoms with Crippen LogP contribution in [0, 0.1) is 0 Å². The van der Waals surface area contributed by atoms with E-state index in [1.54, 1.807) is 13.1 Å². The Balaban J connectivity index is 1.64. The van der Waals surface area contributed by atoms with Crippen LogP contribution in [0.4, 0.5) is 5.69 Å². The molecule has 1 aromatic heterocycles. The van der Waals surface area contributed by atoms with E-state index in [-0.39, 0.29) is 5.91 Å². The molecule has 0 radical (unpaired) electrons. The van der Waals surface area contributed by atoms with Crippen LogP contribution in [0.1, 0.15) is 12.6 Å². The lowest BCUT2D eigenvalue weighted by molar-refractivity contribution is -0.121. The van der Waals surface area contributed by atoms with Crippen molar-refractivity contribution in [2.75, 3.05) is 5.32 Å². The SMILES string of the molecule is CC(Nc1cccc2ccccc12)C(=O)NN=Cc1ccccn1. The molecule has 2 aromatic carbocycles. The zero-order chi connectivity index (χ0) is 16.8. The van der Waals surface area contributed by atoms with E-state index >= 15 is 0 Å². The monoisotopic (exact) mass is 318 g/mol. The fourth-order valence-corrected chi connectivity index (χ4v) is 2.36. The number of amides is 1. The molecule has 1 heterocycles. The predicted molar refractivity (Wildman–Crippen MR) is 97.0 cm³/mol. The summed E-state index contributed by atoms with van der Waals surface area (Å²) in [5.74, 6) is -0.213. The van der Waals surface area contributed by atoms with Gasteiger partial charge in [-0.2, -0.15) is 5.10 Å². The minimum absolute atomic E-state index is 0.213. The lowest BCUT2D eigenvalue weighted by Crippen LogP contribution is -2.35. The topological polar surface area (TPSA) is 66.4 Å². The highest BCUT2D eigenvalue weighted by Gasteiger charge is 2.12. The number of nitrogens with one attached hydrogen (secondary N) is 2. The fraction of sp³-hybridized carbons (Fsp3) is 0.105. The Labute approximate surface area is 140 Å². The summed E-state index contributed by atoms with van der Waals surface area (Å²) in [5, 5.41) is 9.38. The molecule has 2 N–H and O–H groups in total. The van der Waals surface area contributed by atoms with E-state index in [9.17, 15) is 4.79 Å². The van der Waals surface area contributed by atoms with Gasteiger partial charge < -0.3 is 5.32 Å². The highest BCUT2D eigenvalue weighted by atomic mass is 16.2. The Hall–Kier alpha value is -3.21. The summed E-state index contributed by atoms with van der Waals surface area (Å²) in [6.45, 7) is 1.80. The molecule has 0 aliphatic heterocycles. The molecule has 0 fully saturated rings. The van der Waals surface area contributed by atoms with Crippen LogP contribution < -0.4 is 10.7 Å². The van der Waals surface area contributed by atoms with E-state index in [0.717, 1.165) is 16.5 Å². The summed E-state index contributed by atoms with van der Waals surface area (Å²) in [5.41, 5.74) is 4.14. The maximum atomic E-state index is 12.2. The molecule has 0 aliphatic carbocycles. The smallest absolute Gasteiger partial charge is 0.262 e. The van der Waals surface area contributed by atoms with Gasteiger partial charge in [0, 0.05) is 17.3 Å². The number of benzene rings is 2. The molecule has 0 saturated heterocycles. The molecule has 0 bridgehead atoms. The van der Waals surface area contributed by atoms with Crippen LogP contribution in [0.5, 0.6) is 0 Å². The highest BCUT2D eigenvalue weighted by Crippen LogP contribution is 2.23. The molecule has 5 nitrogen and oxygen atoms in total. The van der Waals surface area contributed by atoms with Gasteiger partial charge in [-0.1, -0.05) is 42.5 Å². The number of pyridine rings is 1. The van der Waals surface area contributed by atoms with Gasteiger partial charge in [0.25, 0.3) is 5.91 Å². The normalized spacial score (nSPS) is 12.2. The number of hydrazone groups is 1. The molecule has 1 unspecified atom stereocenters. The maximum Gasteiger partial charge on any atom is 0.262 e. The Morgan fingerprint density at radius 1 is 1.08 bits per heavy atom. The average Bonchev–Trinajstić information content (AvgIpc) is 2.63. The Morgan fingerprint density at radius 2 is 1.88 bits per heavy atom. The van der Waals surface area contributed by atoms with Crippen LogP contribution in [0.3, 0.4) is 0 Å². The van der Waals surface area contributed by atoms with E-state index in [0.29, 0.717) is 5.69 Å². The third kappa shape index (κ3) is 3.76. The molecular formula is C19H18N4O. The number of fused-ring (bicyclic) bond motifs is 1. The van der Waals surface area contributed by atoms with E-state index in [1.807, 2.05) is 60.7 Å². The molecule has 0 aliphatic rings. The summed E-state index contributed by atoms with van der Waals surface area (Å²) in [6, 6.07) is 19.1. The summed E-state index contributed by atoms with van der Waals surface area (Å²) in [6.07, 6.45) is 3.19. The Morgan fingerprint density at radius 3 is 2.71 bits per heavy atom. The minimum Gasteiger partial charge on any atom is -0.373 e. The first kappa shape index (κ1) is 15.7. The third-order valence-electron chi connectivity index (χ3n) is 3.61. The number of carbonyl (C=O) groups is 1. The van der Waals surface area contributed by atoms with E-state index in [1.165, 1.54) is 6.21 Å². The van der Waals surface area contributed by atoms with Gasteiger partial charge in [0.1, 0.15) is 6.04 Å². The molecule has 0 saturated carbocycles. The van der Waals surface area contributed by atoms with Crippen molar-refractivity contribution in [3.8, 4) is 0 Å². The second kappa shape index (κ2) is 7.37. The highest BCUT2D eigenvalue weighted by molar-refractivity contribution is 5.96. The van der Waals surface area contributed by atoms with Crippen molar-refractivity contribution in [3.63, 3.8) is 0 Å². The lowest BCUT2D eigenvalue weighted by Gasteiger charge is -2.15. The van der Waals surface area contributed by atoms with Gasteiger partial charge >= 0.3 is 0 Å². The van der Waals surface area contributed by atoms with E-state index in [4.69, 9.17) is 0 Å². The zero-order valence-electron chi connectivity index (χ0n) is 13.3. The maximum absolute atomic E-state index is 12.2. The van der Waals surface area contributed by atoms with E-state index in [2.05, 4.69) is 20.8 Å². The van der Waals surface area contributed by atoms with Crippen molar-refractivity contribution in [1.82, 2.24) is 10.4 Å². The summed E-state index contributed by atoms with van der Waals surface area (Å²) < 4.78 is 0. The van der Waals surface area contributed by atoms with Gasteiger partial charge in [-0.05, 0) is 30.5 Å². The van der Waals surface area contributed by atoms with Crippen LogP contribution in [0.25, 0.3) is 10.8 Å². The van der Waals surface area contributed by atoms with Crippen molar-refractivity contribution < 1.29 is 4.79 Å². The lowest BCUT2D eigenvalue weighted by atomic mass is 10.1. The zero-order valence-corrected chi connectivity index (χ0v) is 13.3. The molecule has 1 amide bonds. The van der Waals surface area contributed by atoms with Gasteiger partial charge in [0.05, 0.1) is 11.9 Å². The average molecular weight is 318 g/mol. The van der Waals surface area contributed by atoms with Crippen LogP contribution >= 0.6 is 0 Å². The van der Waals surface area contributed by atoms with Crippen LogP contribution in [0.15, 0.2) is 72.0 Å². The first-order valence-electron chi connectivity index (χ1n) is 7.72. The van der Waals surface area contributed by atoms with Crippen molar-refractivity contribution in [2.24, 2.45) is 5.10 Å². The first-order chi connectivity index (χ1) is 11.7. The van der Waals surface area contributed by atoms with Crippen LogP contribution in [-0.2, 0) is 4.79 Å².